The summed E-state index contributed by atoms with van der Waals surface area (Å²) in [4.78, 5) is 11.7. The Balaban J connectivity index is 2.49. The van der Waals surface area contributed by atoms with Crippen LogP contribution in [-0.4, -0.2) is 17.3 Å². The summed E-state index contributed by atoms with van der Waals surface area (Å²) in [5, 5.41) is 8.79. The molecule has 0 radical (unpaired) electrons. The molecule has 1 heterocycles. The van der Waals surface area contributed by atoms with Crippen molar-refractivity contribution in [3.05, 3.63) is 35.4 Å². The molecule has 0 amide bonds. The van der Waals surface area contributed by atoms with Crippen molar-refractivity contribution in [2.24, 2.45) is 4.40 Å². The molecule has 0 saturated heterocycles. The molecule has 1 N–H and O–H groups in total. The van der Waals surface area contributed by atoms with Gasteiger partial charge in [-0.05, 0) is 29.8 Å². The van der Waals surface area contributed by atoms with E-state index in [1.165, 1.54) is 11.9 Å². The van der Waals surface area contributed by atoms with Gasteiger partial charge in [0.25, 0.3) is 0 Å². The zero-order valence-electron chi connectivity index (χ0n) is 7.18. The van der Waals surface area contributed by atoms with Crippen LogP contribution in [0.15, 0.2) is 33.6 Å². The van der Waals surface area contributed by atoms with Crippen molar-refractivity contribution in [3.63, 3.8) is 0 Å². The average molecular weight is 205 g/mol. The number of nitrogens with zero attached hydrogens (tertiary/aromatic N) is 1. The quantitative estimate of drug-likeness (QED) is 0.716. The zero-order valence-corrected chi connectivity index (χ0v) is 7.99. The van der Waals surface area contributed by atoms with E-state index in [2.05, 4.69) is 4.40 Å². The molecule has 70 valence electrons. The van der Waals surface area contributed by atoms with E-state index < -0.39 is 5.97 Å². The Morgan fingerprint density at radius 2 is 2.29 bits per heavy atom. The number of hydrogen-bond acceptors (Lipinski definition) is 3. The topological polar surface area (TPSA) is 49.7 Å². The van der Waals surface area contributed by atoms with Gasteiger partial charge in [0.1, 0.15) is 0 Å². The first-order chi connectivity index (χ1) is 6.77. The Morgan fingerprint density at radius 1 is 1.43 bits per heavy atom. The monoisotopic (exact) mass is 205 g/mol. The Morgan fingerprint density at radius 3 is 3.07 bits per heavy atom. The second kappa shape index (κ2) is 3.67. The minimum absolute atomic E-state index is 0.302. The first-order valence-corrected chi connectivity index (χ1v) is 4.79. The highest BCUT2D eigenvalue weighted by Gasteiger charge is 2.07. The molecule has 0 saturated carbocycles. The fourth-order valence-corrected chi connectivity index (χ4v) is 1.77. The first-order valence-electron chi connectivity index (χ1n) is 4.02. The Hall–Kier alpha value is -1.55. The lowest BCUT2D eigenvalue weighted by Crippen LogP contribution is -1.96. The van der Waals surface area contributed by atoms with E-state index in [1.54, 1.807) is 30.5 Å². The third-order valence-electron chi connectivity index (χ3n) is 1.83. The number of carboxylic acids is 1. The molecule has 2 rings (SSSR count). The van der Waals surface area contributed by atoms with Crippen molar-refractivity contribution < 1.29 is 9.90 Å². The number of rotatable bonds is 1. The SMILES string of the molecule is O=C(O)c1ccc2c(c1)C=CC=NS2. The summed E-state index contributed by atoms with van der Waals surface area (Å²) in [6.45, 7) is 0. The fraction of sp³-hybridized carbons (Fsp3) is 0. The largest absolute Gasteiger partial charge is 0.478 e. The number of hydrogen-bond donors (Lipinski definition) is 1. The highest BCUT2D eigenvalue weighted by molar-refractivity contribution is 7.98. The molecular formula is C10H7NO2S. The number of carbonyl (C=O) groups is 1. The number of benzene rings is 1. The van der Waals surface area contributed by atoms with Gasteiger partial charge in [-0.1, -0.05) is 6.08 Å². The van der Waals surface area contributed by atoms with Crippen LogP contribution in [0.5, 0.6) is 0 Å². The lowest BCUT2D eigenvalue weighted by Gasteiger charge is -2.01. The number of carboxylic acid groups (broad SMARTS) is 1. The van der Waals surface area contributed by atoms with E-state index in [0.29, 0.717) is 5.56 Å². The van der Waals surface area contributed by atoms with Crippen LogP contribution in [0, 0.1) is 0 Å². The second-order valence-electron chi connectivity index (χ2n) is 2.76. The van der Waals surface area contributed by atoms with Crippen molar-refractivity contribution in [2.75, 3.05) is 0 Å². The molecule has 0 atom stereocenters. The summed E-state index contributed by atoms with van der Waals surface area (Å²) in [5.41, 5.74) is 1.20. The Kier molecular flexibility index (Phi) is 2.37. The van der Waals surface area contributed by atoms with Gasteiger partial charge in [-0.15, -0.1) is 0 Å². The van der Waals surface area contributed by atoms with Crippen LogP contribution in [0.1, 0.15) is 15.9 Å². The molecular weight excluding hydrogens is 198 g/mol. The molecule has 0 bridgehead atoms. The third kappa shape index (κ3) is 1.70. The van der Waals surface area contributed by atoms with E-state index in [0.717, 1.165) is 10.5 Å². The van der Waals surface area contributed by atoms with Crippen LogP contribution in [0.3, 0.4) is 0 Å². The van der Waals surface area contributed by atoms with Gasteiger partial charge in [0, 0.05) is 23.1 Å². The molecule has 4 heteroatoms. The summed E-state index contributed by atoms with van der Waals surface area (Å²) in [5.74, 6) is -0.906. The Labute approximate surface area is 85.3 Å². The molecule has 3 nitrogen and oxygen atoms in total. The minimum atomic E-state index is -0.906. The van der Waals surface area contributed by atoms with Gasteiger partial charge in [-0.3, -0.25) is 0 Å². The predicted molar refractivity (Wildman–Crippen MR) is 56.8 cm³/mol. The summed E-state index contributed by atoms with van der Waals surface area (Å²) >= 11 is 1.34. The second-order valence-corrected chi connectivity index (χ2v) is 3.60. The van der Waals surface area contributed by atoms with E-state index in [-0.39, 0.29) is 0 Å². The summed E-state index contributed by atoms with van der Waals surface area (Å²) in [7, 11) is 0. The molecule has 0 spiro atoms. The van der Waals surface area contributed by atoms with E-state index in [1.807, 2.05) is 6.08 Å². The maximum atomic E-state index is 10.7. The van der Waals surface area contributed by atoms with Gasteiger partial charge in [-0.2, -0.15) is 0 Å². The molecule has 0 aliphatic carbocycles. The minimum Gasteiger partial charge on any atom is -0.478 e. The lowest BCUT2D eigenvalue weighted by atomic mass is 10.1. The average Bonchev–Trinajstić information content (AvgIpc) is 2.41. The molecule has 1 aromatic carbocycles. The lowest BCUT2D eigenvalue weighted by molar-refractivity contribution is 0.0697. The van der Waals surface area contributed by atoms with Gasteiger partial charge >= 0.3 is 5.97 Å². The summed E-state index contributed by atoms with van der Waals surface area (Å²) < 4.78 is 4.04. The third-order valence-corrected chi connectivity index (χ3v) is 2.63. The van der Waals surface area contributed by atoms with Crippen LogP contribution in [0.4, 0.5) is 0 Å². The van der Waals surface area contributed by atoms with Crippen LogP contribution in [0.2, 0.25) is 0 Å². The molecule has 1 aromatic rings. The van der Waals surface area contributed by atoms with E-state index >= 15 is 0 Å². The van der Waals surface area contributed by atoms with Crippen LogP contribution in [0.25, 0.3) is 6.08 Å². The van der Waals surface area contributed by atoms with Crippen molar-refractivity contribution in [1.29, 1.82) is 0 Å². The fourth-order valence-electron chi connectivity index (χ4n) is 1.16. The van der Waals surface area contributed by atoms with Crippen LogP contribution in [-0.2, 0) is 0 Å². The summed E-state index contributed by atoms with van der Waals surface area (Å²) in [6.07, 6.45) is 5.33. The summed E-state index contributed by atoms with van der Waals surface area (Å²) in [6, 6.07) is 5.01. The molecule has 1 aliphatic rings. The highest BCUT2D eigenvalue weighted by atomic mass is 32.2. The van der Waals surface area contributed by atoms with E-state index in [9.17, 15) is 4.79 Å². The van der Waals surface area contributed by atoms with E-state index in [4.69, 9.17) is 5.11 Å². The number of aromatic carboxylic acids is 1. The maximum Gasteiger partial charge on any atom is 0.335 e. The van der Waals surface area contributed by atoms with Gasteiger partial charge in [0.2, 0.25) is 0 Å². The number of fused-ring (bicyclic) bond motifs is 1. The van der Waals surface area contributed by atoms with Crippen LogP contribution < -0.4 is 0 Å². The van der Waals surface area contributed by atoms with Gasteiger partial charge in [0.05, 0.1) is 5.56 Å². The van der Waals surface area contributed by atoms with Crippen molar-refractivity contribution >= 4 is 30.2 Å². The van der Waals surface area contributed by atoms with Gasteiger partial charge in [-0.25, -0.2) is 9.19 Å². The predicted octanol–water partition coefficient (Wildman–Crippen LogP) is 2.49. The van der Waals surface area contributed by atoms with Gasteiger partial charge < -0.3 is 5.11 Å². The van der Waals surface area contributed by atoms with Crippen LogP contribution >= 0.6 is 11.9 Å². The number of allylic oxidation sites excluding steroid dienone is 1. The molecule has 0 fully saturated rings. The smallest absolute Gasteiger partial charge is 0.335 e. The first kappa shape index (κ1) is 9.02. The van der Waals surface area contributed by atoms with Gasteiger partial charge in [0.15, 0.2) is 0 Å². The Bertz CT molecular complexity index is 438. The molecule has 0 unspecified atom stereocenters. The van der Waals surface area contributed by atoms with Crippen molar-refractivity contribution in [2.45, 2.75) is 4.90 Å². The zero-order chi connectivity index (χ0) is 9.97. The molecule has 0 aromatic heterocycles. The van der Waals surface area contributed by atoms with Crippen molar-refractivity contribution in [1.82, 2.24) is 0 Å². The molecule has 14 heavy (non-hydrogen) atoms. The van der Waals surface area contributed by atoms with Crippen molar-refractivity contribution in [3.8, 4) is 0 Å². The highest BCUT2D eigenvalue weighted by Crippen LogP contribution is 2.27. The molecule has 1 aliphatic heterocycles. The normalized spacial score (nSPS) is 13.4. The maximum absolute atomic E-state index is 10.7. The standard InChI is InChI=1S/C10H7NO2S/c12-10(13)8-3-4-9-7(6-8)2-1-5-11-14-9/h1-6H,(H,12,13).